The zero-order chi connectivity index (χ0) is 12.4. The molecule has 0 atom stereocenters. The third kappa shape index (κ3) is 2.14. The first-order chi connectivity index (χ1) is 8.86. The second-order valence-electron chi connectivity index (χ2n) is 3.96. The second kappa shape index (κ2) is 4.88. The average Bonchev–Trinajstić information content (AvgIpc) is 3.04. The van der Waals surface area contributed by atoms with Gasteiger partial charge in [0.25, 0.3) is 0 Å². The van der Waals surface area contributed by atoms with Crippen LogP contribution in [0.15, 0.2) is 34.4 Å². The summed E-state index contributed by atoms with van der Waals surface area (Å²) < 4.78 is 5.31. The molecule has 0 radical (unpaired) electrons. The minimum atomic E-state index is 0.802. The number of aromatic nitrogens is 2. The number of rotatable bonds is 4. The summed E-state index contributed by atoms with van der Waals surface area (Å²) in [7, 11) is 0. The summed E-state index contributed by atoms with van der Waals surface area (Å²) in [6.45, 7) is 3.86. The number of oxazole rings is 1. The highest BCUT2D eigenvalue weighted by atomic mass is 32.1. The van der Waals surface area contributed by atoms with E-state index in [4.69, 9.17) is 4.42 Å². The minimum absolute atomic E-state index is 0.802. The summed E-state index contributed by atoms with van der Waals surface area (Å²) in [5.74, 6) is 0. The molecule has 0 aliphatic rings. The lowest BCUT2D eigenvalue weighted by atomic mass is 10.2. The highest BCUT2D eigenvalue weighted by Gasteiger charge is 2.07. The molecule has 1 aromatic carbocycles. The molecule has 0 amide bonds. The van der Waals surface area contributed by atoms with Gasteiger partial charge in [-0.25, -0.2) is 9.97 Å². The zero-order valence-corrected chi connectivity index (χ0v) is 10.8. The fraction of sp³-hybridized carbons (Fsp3) is 0.231. The first-order valence-corrected chi connectivity index (χ1v) is 6.73. The van der Waals surface area contributed by atoms with E-state index in [9.17, 15) is 0 Å². The van der Waals surface area contributed by atoms with Gasteiger partial charge < -0.3 is 9.73 Å². The van der Waals surface area contributed by atoms with E-state index in [2.05, 4.69) is 27.6 Å². The number of hydrogen-bond acceptors (Lipinski definition) is 5. The van der Waals surface area contributed by atoms with Crippen LogP contribution in [0.2, 0.25) is 0 Å². The largest absolute Gasteiger partial charge is 0.443 e. The molecule has 5 heteroatoms. The number of fused-ring (bicyclic) bond motifs is 1. The van der Waals surface area contributed by atoms with E-state index in [1.807, 2.05) is 18.2 Å². The van der Waals surface area contributed by atoms with Gasteiger partial charge in [-0.05, 0) is 24.7 Å². The molecule has 0 aliphatic heterocycles. The van der Waals surface area contributed by atoms with E-state index >= 15 is 0 Å². The number of nitrogens with one attached hydrogen (secondary N) is 1. The SMILES string of the molecule is CCNCc1csc(-c2ccc3ncoc3c2)n1. The maximum atomic E-state index is 5.31. The molecule has 0 aliphatic carbocycles. The second-order valence-corrected chi connectivity index (χ2v) is 4.82. The van der Waals surface area contributed by atoms with Gasteiger partial charge in [-0.2, -0.15) is 0 Å². The van der Waals surface area contributed by atoms with Crippen molar-refractivity contribution < 1.29 is 4.42 Å². The molecular formula is C13H13N3OS. The Balaban J connectivity index is 1.90. The van der Waals surface area contributed by atoms with Gasteiger partial charge >= 0.3 is 0 Å². The van der Waals surface area contributed by atoms with E-state index in [-0.39, 0.29) is 0 Å². The molecule has 0 unspecified atom stereocenters. The van der Waals surface area contributed by atoms with Crippen molar-refractivity contribution >= 4 is 22.4 Å². The molecule has 3 aromatic rings. The van der Waals surface area contributed by atoms with Crippen molar-refractivity contribution in [2.75, 3.05) is 6.54 Å². The monoisotopic (exact) mass is 259 g/mol. The first-order valence-electron chi connectivity index (χ1n) is 5.85. The smallest absolute Gasteiger partial charge is 0.181 e. The van der Waals surface area contributed by atoms with Crippen LogP contribution in [0.4, 0.5) is 0 Å². The van der Waals surface area contributed by atoms with E-state index in [0.29, 0.717) is 0 Å². The fourth-order valence-electron chi connectivity index (χ4n) is 1.76. The quantitative estimate of drug-likeness (QED) is 0.782. The Morgan fingerprint density at radius 2 is 2.33 bits per heavy atom. The van der Waals surface area contributed by atoms with Crippen molar-refractivity contribution in [3.05, 3.63) is 35.7 Å². The van der Waals surface area contributed by atoms with Gasteiger partial charge in [0.15, 0.2) is 12.0 Å². The first kappa shape index (κ1) is 11.4. The van der Waals surface area contributed by atoms with E-state index in [0.717, 1.165) is 40.5 Å². The summed E-state index contributed by atoms with van der Waals surface area (Å²) >= 11 is 1.65. The van der Waals surface area contributed by atoms with Crippen LogP contribution in [0.1, 0.15) is 12.6 Å². The molecule has 0 saturated carbocycles. The number of hydrogen-bond donors (Lipinski definition) is 1. The van der Waals surface area contributed by atoms with Crippen LogP contribution in [0.25, 0.3) is 21.7 Å². The van der Waals surface area contributed by atoms with Crippen molar-refractivity contribution in [2.45, 2.75) is 13.5 Å². The lowest BCUT2D eigenvalue weighted by Crippen LogP contribution is -2.11. The van der Waals surface area contributed by atoms with Crippen LogP contribution in [0.3, 0.4) is 0 Å². The van der Waals surface area contributed by atoms with Gasteiger partial charge in [-0.15, -0.1) is 11.3 Å². The Hall–Kier alpha value is -1.72. The average molecular weight is 259 g/mol. The van der Waals surface area contributed by atoms with Crippen LogP contribution in [0.5, 0.6) is 0 Å². The number of thiazole rings is 1. The van der Waals surface area contributed by atoms with E-state index in [1.165, 1.54) is 6.39 Å². The Kier molecular flexibility index (Phi) is 3.08. The Bertz CT molecular complexity index is 659. The fourth-order valence-corrected chi connectivity index (χ4v) is 2.58. The van der Waals surface area contributed by atoms with Gasteiger partial charge in [-0.3, -0.25) is 0 Å². The number of nitrogens with zero attached hydrogens (tertiary/aromatic N) is 2. The maximum Gasteiger partial charge on any atom is 0.181 e. The third-order valence-corrected chi connectivity index (χ3v) is 3.63. The highest BCUT2D eigenvalue weighted by Crippen LogP contribution is 2.26. The third-order valence-electron chi connectivity index (χ3n) is 2.69. The van der Waals surface area contributed by atoms with E-state index < -0.39 is 0 Å². The van der Waals surface area contributed by atoms with Crippen LogP contribution in [-0.2, 0) is 6.54 Å². The van der Waals surface area contributed by atoms with Crippen LogP contribution < -0.4 is 5.32 Å². The molecule has 0 bridgehead atoms. The summed E-state index contributed by atoms with van der Waals surface area (Å²) in [5, 5.41) is 6.37. The van der Waals surface area contributed by atoms with Gasteiger partial charge in [0.05, 0.1) is 5.69 Å². The molecule has 1 N–H and O–H groups in total. The molecule has 0 fully saturated rings. The Morgan fingerprint density at radius 1 is 1.39 bits per heavy atom. The van der Waals surface area contributed by atoms with Crippen LogP contribution in [-0.4, -0.2) is 16.5 Å². The molecule has 0 spiro atoms. The molecule has 92 valence electrons. The van der Waals surface area contributed by atoms with Crippen molar-refractivity contribution in [3.63, 3.8) is 0 Å². The lowest BCUT2D eigenvalue weighted by molar-refractivity contribution is 0.602. The molecule has 3 rings (SSSR count). The highest BCUT2D eigenvalue weighted by molar-refractivity contribution is 7.13. The maximum absolute atomic E-state index is 5.31. The Morgan fingerprint density at radius 3 is 3.22 bits per heavy atom. The van der Waals surface area contributed by atoms with Crippen molar-refractivity contribution in [3.8, 4) is 10.6 Å². The molecule has 0 saturated heterocycles. The molecular weight excluding hydrogens is 246 g/mol. The molecule has 4 nitrogen and oxygen atoms in total. The Labute approximate surface area is 109 Å². The van der Waals surface area contributed by atoms with Crippen LogP contribution >= 0.6 is 11.3 Å². The van der Waals surface area contributed by atoms with E-state index in [1.54, 1.807) is 11.3 Å². The standard InChI is InChI=1S/C13H13N3OS/c1-2-14-6-10-7-18-13(16-10)9-3-4-11-12(5-9)17-8-15-11/h3-5,7-8,14H,2,6H2,1H3. The summed E-state index contributed by atoms with van der Waals surface area (Å²) in [6, 6.07) is 5.97. The number of benzene rings is 1. The van der Waals surface area contributed by atoms with Gasteiger partial charge in [-0.1, -0.05) is 6.92 Å². The topological polar surface area (TPSA) is 51.0 Å². The van der Waals surface area contributed by atoms with Crippen LogP contribution in [0, 0.1) is 0 Å². The van der Waals surface area contributed by atoms with Gasteiger partial charge in [0, 0.05) is 17.5 Å². The van der Waals surface area contributed by atoms with Gasteiger partial charge in [0.1, 0.15) is 10.5 Å². The molecule has 2 aromatic heterocycles. The molecule has 18 heavy (non-hydrogen) atoms. The summed E-state index contributed by atoms with van der Waals surface area (Å²) in [6.07, 6.45) is 1.47. The summed E-state index contributed by atoms with van der Waals surface area (Å²) in [5.41, 5.74) is 3.83. The van der Waals surface area contributed by atoms with Crippen molar-refractivity contribution in [1.29, 1.82) is 0 Å². The predicted molar refractivity (Wildman–Crippen MR) is 72.5 cm³/mol. The predicted octanol–water partition coefficient (Wildman–Crippen LogP) is 3.06. The normalized spacial score (nSPS) is 11.2. The minimum Gasteiger partial charge on any atom is -0.443 e. The zero-order valence-electron chi connectivity index (χ0n) is 10.0. The molecule has 2 heterocycles. The summed E-state index contributed by atoms with van der Waals surface area (Å²) in [4.78, 5) is 8.71. The van der Waals surface area contributed by atoms with Crippen molar-refractivity contribution in [2.24, 2.45) is 0 Å². The van der Waals surface area contributed by atoms with Gasteiger partial charge in [0.2, 0.25) is 0 Å². The lowest BCUT2D eigenvalue weighted by Gasteiger charge is -1.97. The van der Waals surface area contributed by atoms with Crippen molar-refractivity contribution in [1.82, 2.24) is 15.3 Å².